The Morgan fingerprint density at radius 1 is 1.33 bits per heavy atom. The molecule has 3 heterocycles. The molecule has 6 heteroatoms. The van der Waals surface area contributed by atoms with Gasteiger partial charge in [-0.05, 0) is 25.1 Å². The van der Waals surface area contributed by atoms with Crippen LogP contribution >= 0.6 is 0 Å². The summed E-state index contributed by atoms with van der Waals surface area (Å²) in [6, 6.07) is 9.71. The van der Waals surface area contributed by atoms with E-state index in [4.69, 9.17) is 9.26 Å². The molecule has 124 valence electrons. The Kier molecular flexibility index (Phi) is 3.72. The second-order valence-electron chi connectivity index (χ2n) is 6.13. The van der Waals surface area contributed by atoms with Gasteiger partial charge in [-0.1, -0.05) is 11.2 Å². The number of carbonyl (C=O) groups is 1. The summed E-state index contributed by atoms with van der Waals surface area (Å²) in [5.74, 6) is 1.47. The minimum Gasteiger partial charge on any atom is -0.490 e. The highest BCUT2D eigenvalue weighted by Crippen LogP contribution is 2.27. The quantitative estimate of drug-likeness (QED) is 0.803. The first-order valence-corrected chi connectivity index (χ1v) is 8.16. The number of rotatable bonds is 3. The van der Waals surface area contributed by atoms with Crippen molar-refractivity contribution in [2.45, 2.75) is 25.9 Å². The second kappa shape index (κ2) is 6.03. The van der Waals surface area contributed by atoms with Gasteiger partial charge in [-0.3, -0.25) is 4.79 Å². The van der Waals surface area contributed by atoms with Gasteiger partial charge in [-0.2, -0.15) is 0 Å². The van der Waals surface area contributed by atoms with E-state index in [1.54, 1.807) is 13.0 Å². The smallest absolute Gasteiger partial charge is 0.276 e. The number of fused-ring (bicyclic) bond motifs is 1. The zero-order valence-electron chi connectivity index (χ0n) is 13.5. The second-order valence-corrected chi connectivity index (χ2v) is 6.13. The van der Waals surface area contributed by atoms with Crippen LogP contribution in [-0.2, 0) is 0 Å². The summed E-state index contributed by atoms with van der Waals surface area (Å²) in [6.45, 7) is 3.11. The van der Waals surface area contributed by atoms with Crippen LogP contribution in [0.3, 0.4) is 0 Å². The molecule has 3 aromatic rings. The average molecular weight is 325 g/mol. The molecule has 1 amide bonds. The lowest BCUT2D eigenvalue weighted by Gasteiger charge is -2.31. The van der Waals surface area contributed by atoms with Crippen molar-refractivity contribution in [3.8, 4) is 5.75 Å². The van der Waals surface area contributed by atoms with Crippen molar-refractivity contribution < 1.29 is 14.1 Å². The minimum absolute atomic E-state index is 0.0713. The molecule has 6 nitrogen and oxygen atoms in total. The summed E-state index contributed by atoms with van der Waals surface area (Å²) in [6.07, 6.45) is 3.65. The lowest BCUT2D eigenvalue weighted by atomic mass is 10.1. The first-order chi connectivity index (χ1) is 11.7. The van der Waals surface area contributed by atoms with E-state index in [1.165, 1.54) is 0 Å². The summed E-state index contributed by atoms with van der Waals surface area (Å²) in [4.78, 5) is 17.4. The normalized spacial score (nSPS) is 15.8. The lowest BCUT2D eigenvalue weighted by Crippen LogP contribution is -2.41. The lowest BCUT2D eigenvalue weighted by molar-refractivity contribution is 0.0588. The molecule has 0 saturated carbocycles. The van der Waals surface area contributed by atoms with Crippen LogP contribution < -0.4 is 4.74 Å². The fourth-order valence-electron chi connectivity index (χ4n) is 3.14. The molecule has 0 spiro atoms. The van der Waals surface area contributed by atoms with Crippen molar-refractivity contribution in [2.75, 3.05) is 13.1 Å². The van der Waals surface area contributed by atoms with E-state index in [0.717, 1.165) is 29.5 Å². The number of aryl methyl sites for hydroxylation is 1. The number of hydrogen-bond donors (Lipinski definition) is 1. The molecule has 1 fully saturated rings. The Labute approximate surface area is 139 Å². The third-order valence-electron chi connectivity index (χ3n) is 4.42. The fraction of sp³-hybridized carbons (Fsp3) is 0.333. The van der Waals surface area contributed by atoms with E-state index < -0.39 is 0 Å². The maximum atomic E-state index is 12.4. The summed E-state index contributed by atoms with van der Waals surface area (Å²) < 4.78 is 11.2. The predicted molar refractivity (Wildman–Crippen MR) is 89.1 cm³/mol. The van der Waals surface area contributed by atoms with Gasteiger partial charge in [0.15, 0.2) is 5.69 Å². The summed E-state index contributed by atoms with van der Waals surface area (Å²) in [7, 11) is 0. The Morgan fingerprint density at radius 3 is 2.92 bits per heavy atom. The van der Waals surface area contributed by atoms with Crippen molar-refractivity contribution in [3.05, 3.63) is 48.0 Å². The van der Waals surface area contributed by atoms with E-state index in [0.29, 0.717) is 24.5 Å². The molecule has 0 radical (unpaired) electrons. The van der Waals surface area contributed by atoms with Gasteiger partial charge in [0.1, 0.15) is 17.6 Å². The van der Waals surface area contributed by atoms with Crippen molar-refractivity contribution in [1.29, 1.82) is 0 Å². The zero-order valence-corrected chi connectivity index (χ0v) is 13.5. The Hall–Kier alpha value is -2.76. The van der Waals surface area contributed by atoms with E-state index >= 15 is 0 Å². The minimum atomic E-state index is -0.0713. The molecular formula is C18H19N3O3. The number of aromatic amines is 1. The van der Waals surface area contributed by atoms with Crippen LogP contribution in [0, 0.1) is 6.92 Å². The van der Waals surface area contributed by atoms with Gasteiger partial charge in [0.2, 0.25) is 0 Å². The Morgan fingerprint density at radius 2 is 2.17 bits per heavy atom. The monoisotopic (exact) mass is 325 g/mol. The van der Waals surface area contributed by atoms with Gasteiger partial charge < -0.3 is 19.1 Å². The number of hydrogen-bond acceptors (Lipinski definition) is 4. The van der Waals surface area contributed by atoms with Crippen molar-refractivity contribution >= 4 is 16.8 Å². The van der Waals surface area contributed by atoms with Crippen molar-refractivity contribution in [1.82, 2.24) is 15.0 Å². The Bertz CT molecular complexity index is 859. The highest BCUT2D eigenvalue weighted by Gasteiger charge is 2.26. The number of nitrogens with one attached hydrogen (secondary N) is 1. The number of benzene rings is 1. The van der Waals surface area contributed by atoms with Gasteiger partial charge in [0.25, 0.3) is 5.91 Å². The molecule has 2 aromatic heterocycles. The van der Waals surface area contributed by atoms with Crippen LogP contribution in [0.1, 0.15) is 29.1 Å². The summed E-state index contributed by atoms with van der Waals surface area (Å²) in [5.41, 5.74) is 1.45. The number of amides is 1. The van der Waals surface area contributed by atoms with Crippen LogP contribution in [0.4, 0.5) is 0 Å². The van der Waals surface area contributed by atoms with Gasteiger partial charge in [0.05, 0.1) is 0 Å². The maximum absolute atomic E-state index is 12.4. The van der Waals surface area contributed by atoms with Gasteiger partial charge in [-0.15, -0.1) is 0 Å². The predicted octanol–water partition coefficient (Wildman–Crippen LogP) is 3.15. The summed E-state index contributed by atoms with van der Waals surface area (Å²) >= 11 is 0. The van der Waals surface area contributed by atoms with Crippen LogP contribution in [0.25, 0.3) is 10.9 Å². The number of aromatic nitrogens is 2. The number of H-pyrrole nitrogens is 1. The van der Waals surface area contributed by atoms with E-state index in [1.807, 2.05) is 35.4 Å². The van der Waals surface area contributed by atoms with E-state index in [-0.39, 0.29) is 12.0 Å². The van der Waals surface area contributed by atoms with Crippen LogP contribution in [0.15, 0.2) is 41.1 Å². The average Bonchev–Trinajstić information content (AvgIpc) is 3.24. The van der Waals surface area contributed by atoms with Crippen molar-refractivity contribution in [3.63, 3.8) is 0 Å². The fourth-order valence-corrected chi connectivity index (χ4v) is 3.14. The number of likely N-dealkylation sites (tertiary alicyclic amines) is 1. The molecular weight excluding hydrogens is 306 g/mol. The third kappa shape index (κ3) is 2.75. The summed E-state index contributed by atoms with van der Waals surface area (Å²) in [5, 5.41) is 4.90. The largest absolute Gasteiger partial charge is 0.490 e. The zero-order chi connectivity index (χ0) is 16.5. The topological polar surface area (TPSA) is 71.4 Å². The number of ether oxygens (including phenoxy) is 1. The third-order valence-corrected chi connectivity index (χ3v) is 4.42. The number of piperidine rings is 1. The van der Waals surface area contributed by atoms with Crippen LogP contribution in [0.5, 0.6) is 5.75 Å². The molecule has 1 aliphatic heterocycles. The van der Waals surface area contributed by atoms with Crippen LogP contribution in [0.2, 0.25) is 0 Å². The molecule has 1 aliphatic rings. The number of carbonyl (C=O) groups excluding carboxylic acids is 1. The SMILES string of the molecule is Cc1cc(C(=O)N2CCC(Oc3cccc4[nH]ccc34)CC2)no1. The van der Waals surface area contributed by atoms with Gasteiger partial charge in [0, 0.05) is 49.1 Å². The standard InChI is InChI=1S/C18H19N3O3/c1-12-11-16(20-24-12)18(22)21-9-6-13(7-10-21)23-17-4-2-3-15-14(17)5-8-19-15/h2-5,8,11,13,19H,6-7,9-10H2,1H3. The molecule has 0 aliphatic carbocycles. The number of nitrogens with zero attached hydrogens (tertiary/aromatic N) is 2. The molecule has 24 heavy (non-hydrogen) atoms. The molecule has 0 atom stereocenters. The highest BCUT2D eigenvalue weighted by molar-refractivity contribution is 5.92. The molecule has 1 N–H and O–H groups in total. The van der Waals surface area contributed by atoms with Crippen LogP contribution in [-0.4, -0.2) is 40.1 Å². The maximum Gasteiger partial charge on any atom is 0.276 e. The van der Waals surface area contributed by atoms with Gasteiger partial charge in [-0.25, -0.2) is 0 Å². The molecule has 0 unspecified atom stereocenters. The molecule has 0 bridgehead atoms. The van der Waals surface area contributed by atoms with E-state index in [9.17, 15) is 4.79 Å². The molecule has 1 saturated heterocycles. The van der Waals surface area contributed by atoms with E-state index in [2.05, 4.69) is 10.1 Å². The molecule has 1 aromatic carbocycles. The molecule has 4 rings (SSSR count). The van der Waals surface area contributed by atoms with Gasteiger partial charge >= 0.3 is 0 Å². The highest BCUT2D eigenvalue weighted by atomic mass is 16.5. The first-order valence-electron chi connectivity index (χ1n) is 8.16. The van der Waals surface area contributed by atoms with Crippen molar-refractivity contribution in [2.24, 2.45) is 0 Å². The Balaban J connectivity index is 1.39. The first kappa shape index (κ1) is 14.8.